The Bertz CT molecular complexity index is 385. The summed E-state index contributed by atoms with van der Waals surface area (Å²) in [6, 6.07) is 4.71. The smallest absolute Gasteiger partial charge is 0.286 e. The average molecular weight is 276 g/mol. The number of carbonyl (C=O) groups is 1. The topological polar surface area (TPSA) is 20.3 Å². The molecule has 0 atom stereocenters. The van der Waals surface area contributed by atoms with Crippen molar-refractivity contribution in [2.75, 3.05) is 17.2 Å². The molecule has 0 saturated carbocycles. The maximum atomic E-state index is 13.2. The number of benzene rings is 1. The van der Waals surface area contributed by atoms with Gasteiger partial charge in [-0.3, -0.25) is 4.79 Å². The molecule has 0 radical (unpaired) electrons. The summed E-state index contributed by atoms with van der Waals surface area (Å²) in [6.07, 6.45) is 0. The Hall–Kier alpha value is -0.550. The highest BCUT2D eigenvalue weighted by atomic mass is 79.9. The van der Waals surface area contributed by atoms with Crippen molar-refractivity contribution in [3.8, 4) is 0 Å². The second kappa shape index (κ2) is 3.90. The molecule has 1 aliphatic rings. The lowest BCUT2D eigenvalue weighted by Crippen LogP contribution is -2.22. The zero-order valence-electron chi connectivity index (χ0n) is 7.17. The van der Waals surface area contributed by atoms with Crippen molar-refractivity contribution in [1.82, 2.24) is 0 Å². The van der Waals surface area contributed by atoms with E-state index in [0.717, 1.165) is 5.75 Å². The van der Waals surface area contributed by atoms with E-state index in [1.807, 2.05) is 0 Å². The van der Waals surface area contributed by atoms with E-state index in [1.54, 1.807) is 17.0 Å². The van der Waals surface area contributed by atoms with Crippen LogP contribution in [0.15, 0.2) is 22.7 Å². The summed E-state index contributed by atoms with van der Waals surface area (Å²) in [6.45, 7) is 0.657. The second-order valence-electron chi connectivity index (χ2n) is 2.86. The molecule has 1 heterocycles. The van der Waals surface area contributed by atoms with E-state index in [-0.39, 0.29) is 11.1 Å². The lowest BCUT2D eigenvalue weighted by Gasteiger charge is -2.14. The molecule has 0 N–H and O–H groups in total. The Morgan fingerprint density at radius 3 is 2.86 bits per heavy atom. The molecule has 1 amide bonds. The van der Waals surface area contributed by atoms with E-state index in [1.165, 1.54) is 17.8 Å². The molecule has 0 aromatic heterocycles. The van der Waals surface area contributed by atoms with Crippen LogP contribution in [0.5, 0.6) is 0 Å². The highest BCUT2D eigenvalue weighted by molar-refractivity contribution is 9.10. The van der Waals surface area contributed by atoms with E-state index in [2.05, 4.69) is 15.9 Å². The summed E-state index contributed by atoms with van der Waals surface area (Å²) < 4.78 is 13.6. The number of nitrogens with zero attached hydrogens (tertiary/aromatic N) is 1. The SMILES string of the molecule is O=C1SCCN1c1ccc(Br)c(F)c1. The molecular weight excluding hydrogens is 269 g/mol. The fourth-order valence-electron chi connectivity index (χ4n) is 1.28. The molecule has 1 saturated heterocycles. The Morgan fingerprint density at radius 1 is 1.50 bits per heavy atom. The molecule has 0 spiro atoms. The van der Waals surface area contributed by atoms with E-state index in [9.17, 15) is 9.18 Å². The molecule has 14 heavy (non-hydrogen) atoms. The zero-order valence-corrected chi connectivity index (χ0v) is 9.57. The predicted octanol–water partition coefficient (Wildman–Crippen LogP) is 3.26. The van der Waals surface area contributed by atoms with Gasteiger partial charge in [-0.15, -0.1) is 0 Å². The Morgan fingerprint density at radius 2 is 2.29 bits per heavy atom. The maximum absolute atomic E-state index is 13.2. The Labute approximate surface area is 93.6 Å². The fraction of sp³-hybridized carbons (Fsp3) is 0.222. The standard InChI is InChI=1S/C9H7BrFNOS/c10-7-2-1-6(5-8(7)11)12-3-4-14-9(12)13/h1-2,5H,3-4H2. The van der Waals surface area contributed by atoms with Gasteiger partial charge in [-0.2, -0.15) is 0 Å². The van der Waals surface area contributed by atoms with Gasteiger partial charge >= 0.3 is 0 Å². The van der Waals surface area contributed by atoms with Crippen molar-refractivity contribution < 1.29 is 9.18 Å². The highest BCUT2D eigenvalue weighted by Gasteiger charge is 2.22. The molecular formula is C9H7BrFNOS. The van der Waals surface area contributed by atoms with Crippen molar-refractivity contribution in [3.05, 3.63) is 28.5 Å². The summed E-state index contributed by atoms with van der Waals surface area (Å²) >= 11 is 4.33. The molecule has 5 heteroatoms. The van der Waals surface area contributed by atoms with Crippen molar-refractivity contribution >= 4 is 38.6 Å². The minimum atomic E-state index is -0.341. The van der Waals surface area contributed by atoms with Crippen LogP contribution >= 0.6 is 27.7 Å². The summed E-state index contributed by atoms with van der Waals surface area (Å²) in [5.74, 6) is 0.434. The second-order valence-corrected chi connectivity index (χ2v) is 4.76. The van der Waals surface area contributed by atoms with Crippen molar-refractivity contribution in [3.63, 3.8) is 0 Å². The largest absolute Gasteiger partial charge is 0.302 e. The molecule has 2 rings (SSSR count). The first-order valence-electron chi connectivity index (χ1n) is 4.08. The molecule has 74 valence electrons. The molecule has 2 nitrogen and oxygen atoms in total. The van der Waals surface area contributed by atoms with Crippen molar-refractivity contribution in [2.24, 2.45) is 0 Å². The molecule has 0 unspecified atom stereocenters. The van der Waals surface area contributed by atoms with Crippen LogP contribution in [0.25, 0.3) is 0 Å². The number of halogens is 2. The monoisotopic (exact) mass is 275 g/mol. The number of hydrogen-bond acceptors (Lipinski definition) is 2. The van der Waals surface area contributed by atoms with Gasteiger partial charge in [-0.25, -0.2) is 4.39 Å². The number of anilines is 1. The number of amides is 1. The van der Waals surface area contributed by atoms with Gasteiger partial charge in [0, 0.05) is 18.0 Å². The zero-order chi connectivity index (χ0) is 10.1. The van der Waals surface area contributed by atoms with E-state index in [4.69, 9.17) is 0 Å². The number of carbonyl (C=O) groups excluding carboxylic acids is 1. The van der Waals surface area contributed by atoms with Gasteiger partial charge < -0.3 is 4.90 Å². The van der Waals surface area contributed by atoms with Gasteiger partial charge in [-0.1, -0.05) is 11.8 Å². The molecule has 1 fully saturated rings. The van der Waals surface area contributed by atoms with Gasteiger partial charge in [0.2, 0.25) is 0 Å². The average Bonchev–Trinajstić information content (AvgIpc) is 2.57. The first-order chi connectivity index (χ1) is 6.68. The van der Waals surface area contributed by atoms with E-state index in [0.29, 0.717) is 16.7 Å². The van der Waals surface area contributed by atoms with Crippen LogP contribution < -0.4 is 4.90 Å². The van der Waals surface area contributed by atoms with Gasteiger partial charge in [0.15, 0.2) is 0 Å². The Kier molecular flexibility index (Phi) is 2.78. The first kappa shape index (κ1) is 9.98. The third-order valence-electron chi connectivity index (χ3n) is 1.98. The number of hydrogen-bond donors (Lipinski definition) is 0. The third-order valence-corrected chi connectivity index (χ3v) is 3.47. The van der Waals surface area contributed by atoms with Crippen LogP contribution in [0.4, 0.5) is 14.9 Å². The van der Waals surface area contributed by atoms with Crippen LogP contribution in [-0.2, 0) is 0 Å². The maximum Gasteiger partial charge on any atom is 0.286 e. The lowest BCUT2D eigenvalue weighted by molar-refractivity contribution is 0.266. The third kappa shape index (κ3) is 1.79. The minimum absolute atomic E-state index is 0.00766. The number of rotatable bonds is 1. The van der Waals surface area contributed by atoms with Crippen LogP contribution in [0.2, 0.25) is 0 Å². The first-order valence-corrected chi connectivity index (χ1v) is 5.85. The quantitative estimate of drug-likeness (QED) is 0.784. The van der Waals surface area contributed by atoms with E-state index < -0.39 is 0 Å². The van der Waals surface area contributed by atoms with E-state index >= 15 is 0 Å². The molecule has 0 bridgehead atoms. The summed E-state index contributed by atoms with van der Waals surface area (Å²) in [5.41, 5.74) is 0.626. The normalized spacial score (nSPS) is 16.4. The van der Waals surface area contributed by atoms with Gasteiger partial charge in [0.25, 0.3) is 5.24 Å². The van der Waals surface area contributed by atoms with Crippen LogP contribution in [0.1, 0.15) is 0 Å². The van der Waals surface area contributed by atoms with Crippen LogP contribution in [-0.4, -0.2) is 17.5 Å². The predicted molar refractivity (Wildman–Crippen MR) is 59.3 cm³/mol. The summed E-state index contributed by atoms with van der Waals surface area (Å²) in [5, 5.41) is -0.00766. The van der Waals surface area contributed by atoms with Crippen molar-refractivity contribution in [2.45, 2.75) is 0 Å². The lowest BCUT2D eigenvalue weighted by atomic mass is 10.3. The molecule has 1 aliphatic heterocycles. The molecule has 0 aliphatic carbocycles. The minimum Gasteiger partial charge on any atom is -0.302 e. The van der Waals surface area contributed by atoms with Crippen molar-refractivity contribution in [1.29, 1.82) is 0 Å². The highest BCUT2D eigenvalue weighted by Crippen LogP contribution is 2.27. The van der Waals surface area contributed by atoms with Gasteiger partial charge in [-0.05, 0) is 34.1 Å². The van der Waals surface area contributed by atoms with Crippen LogP contribution in [0, 0.1) is 5.82 Å². The Balaban J connectivity index is 2.32. The molecule has 1 aromatic carbocycles. The summed E-state index contributed by atoms with van der Waals surface area (Å²) in [7, 11) is 0. The van der Waals surface area contributed by atoms with Crippen LogP contribution in [0.3, 0.4) is 0 Å². The number of thioether (sulfide) groups is 1. The fourth-order valence-corrected chi connectivity index (χ4v) is 2.33. The summed E-state index contributed by atoms with van der Waals surface area (Å²) in [4.78, 5) is 12.9. The van der Waals surface area contributed by atoms with Gasteiger partial charge in [0.05, 0.1) is 4.47 Å². The van der Waals surface area contributed by atoms with Gasteiger partial charge in [0.1, 0.15) is 5.82 Å². The molecule has 1 aromatic rings.